The molecule has 2 rings (SSSR count). The summed E-state index contributed by atoms with van der Waals surface area (Å²) < 4.78 is 5.37. The average Bonchev–Trinajstić information content (AvgIpc) is 2.41. The number of hydrogen-bond acceptors (Lipinski definition) is 4. The number of primary amides is 1. The Balaban J connectivity index is 2.26. The first-order chi connectivity index (χ1) is 9.44. The molecule has 1 aliphatic heterocycles. The summed E-state index contributed by atoms with van der Waals surface area (Å²) in [7, 11) is 1.63. The van der Waals surface area contributed by atoms with Crippen molar-refractivity contribution in [1.29, 1.82) is 0 Å². The minimum Gasteiger partial charge on any atom is -0.495 e. The lowest BCUT2D eigenvalue weighted by atomic mass is 9.82. The van der Waals surface area contributed by atoms with Gasteiger partial charge in [0, 0.05) is 17.4 Å². The van der Waals surface area contributed by atoms with Crippen LogP contribution in [-0.4, -0.2) is 30.6 Å². The van der Waals surface area contributed by atoms with Crippen molar-refractivity contribution in [2.24, 2.45) is 11.1 Å². The minimum absolute atomic E-state index is 0.221. The number of nitrogens with one attached hydrogen (secondary N) is 1. The first kappa shape index (κ1) is 15.0. The SMILES string of the molecule is COc1ccc(C(N)=O)cc1NC1CSCCC1(C)C. The molecule has 1 amide bonds. The van der Waals surface area contributed by atoms with Crippen LogP contribution in [0.4, 0.5) is 5.69 Å². The van der Waals surface area contributed by atoms with E-state index in [1.54, 1.807) is 25.3 Å². The molecule has 1 fully saturated rings. The average molecular weight is 294 g/mol. The van der Waals surface area contributed by atoms with E-state index in [4.69, 9.17) is 10.5 Å². The van der Waals surface area contributed by atoms with Crippen molar-refractivity contribution < 1.29 is 9.53 Å². The van der Waals surface area contributed by atoms with Gasteiger partial charge in [-0.15, -0.1) is 0 Å². The number of thioether (sulfide) groups is 1. The Morgan fingerprint density at radius 2 is 2.25 bits per heavy atom. The van der Waals surface area contributed by atoms with Crippen LogP contribution in [0.25, 0.3) is 0 Å². The highest BCUT2D eigenvalue weighted by molar-refractivity contribution is 7.99. The summed E-state index contributed by atoms with van der Waals surface area (Å²) in [6.07, 6.45) is 1.17. The van der Waals surface area contributed by atoms with Gasteiger partial charge < -0.3 is 15.8 Å². The molecule has 110 valence electrons. The van der Waals surface area contributed by atoms with E-state index in [1.807, 2.05) is 11.8 Å². The zero-order valence-electron chi connectivity index (χ0n) is 12.2. The highest BCUT2D eigenvalue weighted by atomic mass is 32.2. The summed E-state index contributed by atoms with van der Waals surface area (Å²) in [5.41, 5.74) is 6.90. The molecule has 3 N–H and O–H groups in total. The number of anilines is 1. The Morgan fingerprint density at radius 1 is 1.50 bits per heavy atom. The summed E-state index contributed by atoms with van der Waals surface area (Å²) >= 11 is 1.95. The number of benzene rings is 1. The molecular formula is C15H22N2O2S. The van der Waals surface area contributed by atoms with Crippen molar-refractivity contribution in [3.63, 3.8) is 0 Å². The van der Waals surface area contributed by atoms with E-state index in [9.17, 15) is 4.79 Å². The van der Waals surface area contributed by atoms with Gasteiger partial charge in [0.1, 0.15) is 5.75 Å². The van der Waals surface area contributed by atoms with Gasteiger partial charge in [0.2, 0.25) is 5.91 Å². The van der Waals surface area contributed by atoms with Crippen LogP contribution >= 0.6 is 11.8 Å². The van der Waals surface area contributed by atoms with Crippen molar-refractivity contribution in [1.82, 2.24) is 0 Å². The van der Waals surface area contributed by atoms with Crippen LogP contribution < -0.4 is 15.8 Å². The molecule has 0 aliphatic carbocycles. The van der Waals surface area contributed by atoms with E-state index in [0.29, 0.717) is 11.6 Å². The van der Waals surface area contributed by atoms with Crippen LogP contribution in [0.2, 0.25) is 0 Å². The van der Waals surface area contributed by atoms with Gasteiger partial charge in [0.05, 0.1) is 12.8 Å². The van der Waals surface area contributed by atoms with Crippen molar-refractivity contribution >= 4 is 23.4 Å². The molecule has 0 spiro atoms. The normalized spacial score (nSPS) is 21.2. The van der Waals surface area contributed by atoms with Crippen LogP contribution in [0.1, 0.15) is 30.6 Å². The molecule has 1 heterocycles. The van der Waals surface area contributed by atoms with E-state index < -0.39 is 5.91 Å². The van der Waals surface area contributed by atoms with Gasteiger partial charge in [-0.2, -0.15) is 11.8 Å². The van der Waals surface area contributed by atoms with Gasteiger partial charge in [-0.05, 0) is 35.8 Å². The molecule has 1 unspecified atom stereocenters. The maximum absolute atomic E-state index is 11.3. The van der Waals surface area contributed by atoms with E-state index in [1.165, 1.54) is 12.2 Å². The largest absolute Gasteiger partial charge is 0.495 e. The molecular weight excluding hydrogens is 272 g/mol. The fourth-order valence-corrected chi connectivity index (χ4v) is 3.94. The molecule has 1 aliphatic rings. The molecule has 0 radical (unpaired) electrons. The summed E-state index contributed by atoms with van der Waals surface area (Å²) in [4.78, 5) is 11.3. The quantitative estimate of drug-likeness (QED) is 0.896. The molecule has 4 nitrogen and oxygen atoms in total. The third-order valence-electron chi connectivity index (χ3n) is 3.93. The molecule has 20 heavy (non-hydrogen) atoms. The van der Waals surface area contributed by atoms with E-state index in [0.717, 1.165) is 17.2 Å². The van der Waals surface area contributed by atoms with Gasteiger partial charge >= 0.3 is 0 Å². The molecule has 1 aromatic rings. The van der Waals surface area contributed by atoms with Gasteiger partial charge in [0.15, 0.2) is 0 Å². The standard InChI is InChI=1S/C15H22N2O2S/c1-15(2)6-7-20-9-13(15)17-11-8-10(14(16)18)4-5-12(11)19-3/h4-5,8,13,17H,6-7,9H2,1-3H3,(H2,16,18). The van der Waals surface area contributed by atoms with Crippen molar-refractivity contribution in [2.45, 2.75) is 26.3 Å². The van der Waals surface area contributed by atoms with Crippen LogP contribution in [0.3, 0.4) is 0 Å². The third kappa shape index (κ3) is 3.20. The molecule has 0 bridgehead atoms. The Kier molecular flexibility index (Phi) is 4.48. The highest BCUT2D eigenvalue weighted by Crippen LogP contribution is 2.37. The number of methoxy groups -OCH3 is 1. The summed E-state index contributed by atoms with van der Waals surface area (Å²) in [5, 5.41) is 3.53. The van der Waals surface area contributed by atoms with Crippen LogP contribution in [0.15, 0.2) is 18.2 Å². The van der Waals surface area contributed by atoms with Gasteiger partial charge in [-0.25, -0.2) is 0 Å². The second kappa shape index (κ2) is 5.95. The first-order valence-corrected chi connectivity index (χ1v) is 7.91. The monoisotopic (exact) mass is 294 g/mol. The Morgan fingerprint density at radius 3 is 2.85 bits per heavy atom. The van der Waals surface area contributed by atoms with Gasteiger partial charge in [0.25, 0.3) is 0 Å². The number of hydrogen-bond donors (Lipinski definition) is 2. The third-order valence-corrected chi connectivity index (χ3v) is 4.99. The van der Waals surface area contributed by atoms with Crippen molar-refractivity contribution in [3.05, 3.63) is 23.8 Å². The fraction of sp³-hybridized carbons (Fsp3) is 0.533. The zero-order chi connectivity index (χ0) is 14.8. The number of rotatable bonds is 4. The Bertz CT molecular complexity index is 503. The maximum Gasteiger partial charge on any atom is 0.248 e. The maximum atomic E-state index is 11.3. The fourth-order valence-electron chi connectivity index (χ4n) is 2.34. The molecule has 0 saturated carbocycles. The number of ether oxygens (including phenoxy) is 1. The predicted molar refractivity (Wildman–Crippen MR) is 84.6 cm³/mol. The molecule has 1 aromatic carbocycles. The van der Waals surface area contributed by atoms with Crippen LogP contribution in [0.5, 0.6) is 5.75 Å². The number of nitrogens with two attached hydrogens (primary N) is 1. The Labute approximate surface area is 124 Å². The second-order valence-corrected chi connectivity index (χ2v) is 6.94. The number of carbonyl (C=O) groups is 1. The summed E-state index contributed by atoms with van der Waals surface area (Å²) in [6.45, 7) is 4.55. The second-order valence-electron chi connectivity index (χ2n) is 5.79. The summed E-state index contributed by atoms with van der Waals surface area (Å²) in [5.74, 6) is 2.56. The van der Waals surface area contributed by atoms with E-state index in [-0.39, 0.29) is 5.41 Å². The van der Waals surface area contributed by atoms with E-state index >= 15 is 0 Å². The highest BCUT2D eigenvalue weighted by Gasteiger charge is 2.33. The van der Waals surface area contributed by atoms with Gasteiger partial charge in [-0.3, -0.25) is 4.79 Å². The molecule has 1 atom stereocenters. The van der Waals surface area contributed by atoms with Crippen molar-refractivity contribution in [3.8, 4) is 5.75 Å². The van der Waals surface area contributed by atoms with Crippen LogP contribution in [-0.2, 0) is 0 Å². The molecule has 5 heteroatoms. The van der Waals surface area contributed by atoms with Gasteiger partial charge in [-0.1, -0.05) is 13.8 Å². The predicted octanol–water partition coefficient (Wildman–Crippen LogP) is 2.74. The first-order valence-electron chi connectivity index (χ1n) is 6.76. The van der Waals surface area contributed by atoms with E-state index in [2.05, 4.69) is 19.2 Å². The lowest BCUT2D eigenvalue weighted by molar-refractivity contribution is 0.100. The minimum atomic E-state index is -0.423. The topological polar surface area (TPSA) is 64.3 Å². The summed E-state index contributed by atoms with van der Waals surface area (Å²) in [6, 6.07) is 5.59. The Hall–Kier alpha value is -1.36. The number of carbonyl (C=O) groups excluding carboxylic acids is 1. The number of amides is 1. The lowest BCUT2D eigenvalue weighted by Gasteiger charge is -2.39. The van der Waals surface area contributed by atoms with Crippen LogP contribution in [0, 0.1) is 5.41 Å². The zero-order valence-corrected chi connectivity index (χ0v) is 13.0. The molecule has 0 aromatic heterocycles. The van der Waals surface area contributed by atoms with Crippen molar-refractivity contribution in [2.75, 3.05) is 23.9 Å². The molecule has 1 saturated heterocycles. The smallest absolute Gasteiger partial charge is 0.248 e. The lowest BCUT2D eigenvalue weighted by Crippen LogP contribution is -2.41.